The Hall–Kier alpha value is -0.870. The van der Waals surface area contributed by atoms with E-state index >= 15 is 0 Å². The van der Waals surface area contributed by atoms with Crippen molar-refractivity contribution in [2.75, 3.05) is 13.2 Å². The molecule has 0 radical (unpaired) electrons. The van der Waals surface area contributed by atoms with Gasteiger partial charge < -0.3 is 9.84 Å². The topological polar surface area (TPSA) is 47.3 Å². The molecule has 2 rings (SSSR count). The van der Waals surface area contributed by atoms with Crippen molar-refractivity contribution in [3.05, 3.63) is 17.0 Å². The summed E-state index contributed by atoms with van der Waals surface area (Å²) in [4.78, 5) is 0. The van der Waals surface area contributed by atoms with E-state index in [0.717, 1.165) is 38.0 Å². The molecule has 0 saturated carbocycles. The number of nitrogens with zero attached hydrogens (tertiary/aromatic N) is 2. The van der Waals surface area contributed by atoms with Crippen LogP contribution in [0.4, 0.5) is 0 Å². The zero-order valence-corrected chi connectivity index (χ0v) is 11.6. The molecule has 0 spiro atoms. The molecule has 1 aliphatic heterocycles. The summed E-state index contributed by atoms with van der Waals surface area (Å²) in [6.07, 6.45) is 3.63. The molecule has 1 N–H and O–H groups in total. The molecule has 0 aliphatic carbocycles. The molecule has 2 unspecified atom stereocenters. The summed E-state index contributed by atoms with van der Waals surface area (Å²) in [7, 11) is 1.97. The molecule has 1 aliphatic rings. The van der Waals surface area contributed by atoms with E-state index in [4.69, 9.17) is 4.74 Å². The number of aryl methyl sites for hydroxylation is 2. The summed E-state index contributed by atoms with van der Waals surface area (Å²) >= 11 is 0. The first-order valence-electron chi connectivity index (χ1n) is 6.84. The van der Waals surface area contributed by atoms with Crippen LogP contribution in [0.1, 0.15) is 36.2 Å². The predicted octanol–water partition coefficient (Wildman–Crippen LogP) is 1.76. The number of ether oxygens (including phenoxy) is 1. The highest BCUT2D eigenvalue weighted by Gasteiger charge is 2.22. The van der Waals surface area contributed by atoms with E-state index in [-0.39, 0.29) is 6.10 Å². The fraction of sp³-hybridized carbons (Fsp3) is 0.786. The molecule has 1 fully saturated rings. The summed E-state index contributed by atoms with van der Waals surface area (Å²) < 4.78 is 7.35. The fourth-order valence-corrected chi connectivity index (χ4v) is 2.78. The lowest BCUT2D eigenvalue weighted by atomic mass is 9.91. The smallest absolute Gasteiger partial charge is 0.0628 e. The van der Waals surface area contributed by atoms with Crippen LogP contribution in [-0.2, 0) is 18.2 Å². The summed E-state index contributed by atoms with van der Waals surface area (Å²) in [6.45, 7) is 5.69. The average molecular weight is 252 g/mol. The number of aliphatic hydroxyl groups excluding tert-OH is 1. The number of hydrogen-bond donors (Lipinski definition) is 1. The van der Waals surface area contributed by atoms with Gasteiger partial charge in [0.05, 0.1) is 18.4 Å². The van der Waals surface area contributed by atoms with Crippen LogP contribution in [-0.4, -0.2) is 34.2 Å². The Balaban J connectivity index is 1.90. The lowest BCUT2D eigenvalue weighted by Crippen LogP contribution is -2.29. The summed E-state index contributed by atoms with van der Waals surface area (Å²) in [6, 6.07) is 0. The van der Waals surface area contributed by atoms with Gasteiger partial charge in [0.15, 0.2) is 0 Å². The largest absolute Gasteiger partial charge is 0.393 e. The maximum absolute atomic E-state index is 10.2. The summed E-state index contributed by atoms with van der Waals surface area (Å²) in [5.74, 6) is 0.316. The van der Waals surface area contributed by atoms with E-state index in [1.807, 2.05) is 18.7 Å². The lowest BCUT2D eigenvalue weighted by Gasteiger charge is -2.26. The highest BCUT2D eigenvalue weighted by atomic mass is 16.5. The van der Waals surface area contributed by atoms with Gasteiger partial charge in [-0.3, -0.25) is 4.68 Å². The first-order valence-corrected chi connectivity index (χ1v) is 6.84. The van der Waals surface area contributed by atoms with Gasteiger partial charge in [0.25, 0.3) is 0 Å². The minimum absolute atomic E-state index is 0.246. The van der Waals surface area contributed by atoms with Crippen LogP contribution in [0.25, 0.3) is 0 Å². The van der Waals surface area contributed by atoms with E-state index in [0.29, 0.717) is 12.5 Å². The third-order valence-corrected chi connectivity index (χ3v) is 4.09. The SMILES string of the molecule is Cc1nn(C)c(C)c1CCC(O)C1CCCOC1. The maximum atomic E-state index is 10.2. The van der Waals surface area contributed by atoms with Crippen molar-refractivity contribution in [3.63, 3.8) is 0 Å². The van der Waals surface area contributed by atoms with Crippen LogP contribution >= 0.6 is 0 Å². The molecule has 0 aromatic carbocycles. The maximum Gasteiger partial charge on any atom is 0.0628 e. The Morgan fingerprint density at radius 1 is 1.50 bits per heavy atom. The van der Waals surface area contributed by atoms with E-state index in [9.17, 15) is 5.11 Å². The molecular weight excluding hydrogens is 228 g/mol. The highest BCUT2D eigenvalue weighted by Crippen LogP contribution is 2.22. The van der Waals surface area contributed by atoms with Gasteiger partial charge in [0, 0.05) is 25.3 Å². The van der Waals surface area contributed by atoms with Gasteiger partial charge >= 0.3 is 0 Å². The Morgan fingerprint density at radius 3 is 2.83 bits per heavy atom. The van der Waals surface area contributed by atoms with Gasteiger partial charge in [-0.15, -0.1) is 0 Å². The minimum Gasteiger partial charge on any atom is -0.393 e. The molecule has 4 heteroatoms. The molecule has 1 saturated heterocycles. The molecule has 2 atom stereocenters. The molecule has 0 bridgehead atoms. The molecule has 4 nitrogen and oxygen atoms in total. The van der Waals surface area contributed by atoms with Crippen molar-refractivity contribution < 1.29 is 9.84 Å². The van der Waals surface area contributed by atoms with Crippen LogP contribution in [0.2, 0.25) is 0 Å². The van der Waals surface area contributed by atoms with Gasteiger partial charge in [-0.2, -0.15) is 5.10 Å². The number of aromatic nitrogens is 2. The van der Waals surface area contributed by atoms with Crippen LogP contribution in [0.15, 0.2) is 0 Å². The highest BCUT2D eigenvalue weighted by molar-refractivity contribution is 5.24. The molecule has 2 heterocycles. The lowest BCUT2D eigenvalue weighted by molar-refractivity contribution is -0.0116. The normalized spacial score (nSPS) is 22.1. The standard InChI is InChI=1S/C14H24N2O2/c1-10-13(11(2)16(3)15-10)6-7-14(17)12-5-4-8-18-9-12/h12,14,17H,4-9H2,1-3H3. The van der Waals surface area contributed by atoms with Crippen molar-refractivity contribution in [1.29, 1.82) is 0 Å². The van der Waals surface area contributed by atoms with Crippen LogP contribution in [0.5, 0.6) is 0 Å². The van der Waals surface area contributed by atoms with Crippen LogP contribution < -0.4 is 0 Å². The monoisotopic (exact) mass is 252 g/mol. The zero-order valence-electron chi connectivity index (χ0n) is 11.6. The van der Waals surface area contributed by atoms with Crippen molar-refractivity contribution in [3.8, 4) is 0 Å². The summed E-state index contributed by atoms with van der Waals surface area (Å²) in [5.41, 5.74) is 3.58. The average Bonchev–Trinajstić information content (AvgIpc) is 2.62. The fourth-order valence-electron chi connectivity index (χ4n) is 2.78. The molecule has 0 amide bonds. The van der Waals surface area contributed by atoms with Gasteiger partial charge in [-0.05, 0) is 45.1 Å². The Kier molecular flexibility index (Phi) is 4.40. The number of hydrogen-bond acceptors (Lipinski definition) is 3. The molecule has 102 valence electrons. The summed E-state index contributed by atoms with van der Waals surface area (Å²) in [5, 5.41) is 14.6. The van der Waals surface area contributed by atoms with Crippen molar-refractivity contribution in [1.82, 2.24) is 9.78 Å². The number of aliphatic hydroxyl groups is 1. The second-order valence-electron chi connectivity index (χ2n) is 5.36. The van der Waals surface area contributed by atoms with Gasteiger partial charge in [-0.1, -0.05) is 0 Å². The first kappa shape index (κ1) is 13.6. The molecule has 1 aromatic heterocycles. The molecule has 1 aromatic rings. The second-order valence-corrected chi connectivity index (χ2v) is 5.36. The zero-order chi connectivity index (χ0) is 13.1. The quantitative estimate of drug-likeness (QED) is 0.888. The van der Waals surface area contributed by atoms with Crippen molar-refractivity contribution in [2.45, 2.75) is 45.6 Å². The van der Waals surface area contributed by atoms with Crippen LogP contribution in [0, 0.1) is 19.8 Å². The Bertz CT molecular complexity index is 395. The predicted molar refractivity (Wildman–Crippen MR) is 70.6 cm³/mol. The van der Waals surface area contributed by atoms with Crippen molar-refractivity contribution >= 4 is 0 Å². The van der Waals surface area contributed by atoms with Gasteiger partial charge in [0.1, 0.15) is 0 Å². The second kappa shape index (κ2) is 5.85. The third-order valence-electron chi connectivity index (χ3n) is 4.09. The van der Waals surface area contributed by atoms with Crippen molar-refractivity contribution in [2.24, 2.45) is 13.0 Å². The Labute approximate surface area is 109 Å². The first-order chi connectivity index (χ1) is 8.59. The molecular formula is C14H24N2O2. The minimum atomic E-state index is -0.246. The Morgan fingerprint density at radius 2 is 2.28 bits per heavy atom. The van der Waals surface area contributed by atoms with E-state index in [1.165, 1.54) is 11.3 Å². The van der Waals surface area contributed by atoms with E-state index in [2.05, 4.69) is 12.0 Å². The van der Waals surface area contributed by atoms with Gasteiger partial charge in [0.2, 0.25) is 0 Å². The van der Waals surface area contributed by atoms with E-state index in [1.54, 1.807) is 0 Å². The third kappa shape index (κ3) is 2.93. The van der Waals surface area contributed by atoms with Gasteiger partial charge in [-0.25, -0.2) is 0 Å². The number of rotatable bonds is 4. The van der Waals surface area contributed by atoms with E-state index < -0.39 is 0 Å². The van der Waals surface area contributed by atoms with Crippen LogP contribution in [0.3, 0.4) is 0 Å². The molecule has 18 heavy (non-hydrogen) atoms.